The summed E-state index contributed by atoms with van der Waals surface area (Å²) < 4.78 is 10.2. The number of carbonyl (C=O) groups is 2. The molecule has 2 amide bonds. The van der Waals surface area contributed by atoms with Gasteiger partial charge in [0.25, 0.3) is 5.91 Å². The second-order valence-corrected chi connectivity index (χ2v) is 11.5. The topological polar surface area (TPSA) is 110 Å². The van der Waals surface area contributed by atoms with E-state index in [4.69, 9.17) is 14.5 Å². The molecule has 3 N–H and O–H groups in total. The number of carbonyl (C=O) groups excluding carboxylic acids is 2. The maximum absolute atomic E-state index is 12.8. The zero-order valence-corrected chi connectivity index (χ0v) is 22.5. The number of aliphatic hydroxyl groups excluding tert-OH is 1. The van der Waals surface area contributed by atoms with Crippen molar-refractivity contribution in [2.45, 2.75) is 52.1 Å². The fourth-order valence-corrected chi connectivity index (χ4v) is 7.40. The van der Waals surface area contributed by atoms with Crippen molar-refractivity contribution in [3.8, 4) is 5.75 Å². The number of ether oxygens (including phenoxy) is 2. The highest BCUT2D eigenvalue weighted by molar-refractivity contribution is 7.15. The van der Waals surface area contributed by atoms with Gasteiger partial charge in [-0.1, -0.05) is 20.8 Å². The number of benzene rings is 1. The van der Waals surface area contributed by atoms with Crippen LogP contribution >= 0.6 is 11.3 Å². The summed E-state index contributed by atoms with van der Waals surface area (Å²) in [5.41, 5.74) is 1.40. The molecule has 4 rings (SSSR count). The first-order valence-electron chi connectivity index (χ1n) is 12.6. The van der Waals surface area contributed by atoms with E-state index >= 15 is 0 Å². The second-order valence-electron chi connectivity index (χ2n) is 10.4. The van der Waals surface area contributed by atoms with Gasteiger partial charge in [-0.05, 0) is 60.8 Å². The monoisotopic (exact) mass is 515 g/mol. The summed E-state index contributed by atoms with van der Waals surface area (Å²) in [6, 6.07) is 6.96. The van der Waals surface area contributed by atoms with E-state index in [-0.39, 0.29) is 40.9 Å². The average Bonchev–Trinajstić information content (AvgIpc) is 3.25. The second kappa shape index (κ2) is 10.9. The van der Waals surface area contributed by atoms with Crippen LogP contribution in [0.2, 0.25) is 0 Å². The highest BCUT2D eigenvalue weighted by Crippen LogP contribution is 2.57. The summed E-state index contributed by atoms with van der Waals surface area (Å²) >= 11 is 1.52. The molecule has 0 radical (unpaired) electrons. The van der Waals surface area contributed by atoms with E-state index in [2.05, 4.69) is 24.5 Å². The smallest absolute Gasteiger partial charge is 0.257 e. The number of amides is 2. The summed E-state index contributed by atoms with van der Waals surface area (Å²) in [6.45, 7) is 7.20. The number of nitrogens with zero attached hydrogens (tertiary/aromatic N) is 1. The van der Waals surface area contributed by atoms with E-state index in [1.54, 1.807) is 38.5 Å². The SMILES string of the molecule is COCCNC(=O)[C@@H](C)[C@@H]1CC[C@]2(C)Cc3sc(NC(=O)c4ccc(OC)cc4)nc3[C@H](C)[C@@H]2[C@H]1O. The molecule has 9 heteroatoms. The van der Waals surface area contributed by atoms with Crippen LogP contribution in [0, 0.1) is 23.2 Å². The summed E-state index contributed by atoms with van der Waals surface area (Å²) in [5.74, 6) is 0.0507. The quantitative estimate of drug-likeness (QED) is 0.461. The van der Waals surface area contributed by atoms with Crippen molar-refractivity contribution < 1.29 is 24.2 Å². The van der Waals surface area contributed by atoms with Crippen LogP contribution < -0.4 is 15.4 Å². The van der Waals surface area contributed by atoms with E-state index in [1.165, 1.54) is 16.2 Å². The normalized spacial score (nSPS) is 27.9. The van der Waals surface area contributed by atoms with Crippen molar-refractivity contribution in [3.05, 3.63) is 40.4 Å². The third-order valence-corrected chi connectivity index (χ3v) is 9.14. The van der Waals surface area contributed by atoms with E-state index in [0.717, 1.165) is 25.0 Å². The molecule has 0 saturated heterocycles. The number of aliphatic hydroxyl groups is 1. The molecule has 0 aliphatic heterocycles. The van der Waals surface area contributed by atoms with Gasteiger partial charge < -0.3 is 19.9 Å². The van der Waals surface area contributed by atoms with E-state index in [9.17, 15) is 14.7 Å². The Bertz CT molecular complexity index is 1090. The van der Waals surface area contributed by atoms with Gasteiger partial charge in [0, 0.05) is 35.9 Å². The number of methoxy groups -OCH3 is 2. The predicted molar refractivity (Wildman–Crippen MR) is 140 cm³/mol. The maximum atomic E-state index is 12.8. The number of fused-ring (bicyclic) bond motifs is 2. The highest BCUT2D eigenvalue weighted by atomic mass is 32.1. The van der Waals surface area contributed by atoms with Crippen molar-refractivity contribution in [3.63, 3.8) is 0 Å². The van der Waals surface area contributed by atoms with Crippen molar-refractivity contribution in [2.24, 2.45) is 23.2 Å². The fourth-order valence-electron chi connectivity index (χ4n) is 6.14. The Morgan fingerprint density at radius 3 is 2.67 bits per heavy atom. The van der Waals surface area contributed by atoms with Crippen LogP contribution in [0.5, 0.6) is 5.75 Å². The number of hydrogen-bond donors (Lipinski definition) is 3. The summed E-state index contributed by atoms with van der Waals surface area (Å²) in [4.78, 5) is 31.5. The number of nitrogens with one attached hydrogen (secondary N) is 2. The average molecular weight is 516 g/mol. The first kappa shape index (κ1) is 26.6. The standard InChI is InChI=1S/C27H37N3O5S/c1-15(24(32)28-12-13-34-4)19-10-11-27(3)14-20-22(16(2)21(27)23(19)31)29-26(36-20)30-25(33)17-6-8-18(35-5)9-7-17/h6-9,15-16,19,21,23,31H,10-14H2,1-5H3,(H,28,32)(H,29,30,33)/t15-,16+,19-,21+,23-,27+/m0/s1. The summed E-state index contributed by atoms with van der Waals surface area (Å²) in [7, 11) is 3.19. The van der Waals surface area contributed by atoms with Gasteiger partial charge in [0.1, 0.15) is 5.75 Å². The first-order valence-corrected chi connectivity index (χ1v) is 13.4. The number of hydrogen-bond acceptors (Lipinski definition) is 7. The molecular weight excluding hydrogens is 478 g/mol. The minimum Gasteiger partial charge on any atom is -0.497 e. The predicted octanol–water partition coefficient (Wildman–Crippen LogP) is 3.86. The van der Waals surface area contributed by atoms with Crippen molar-refractivity contribution in [1.29, 1.82) is 0 Å². The van der Waals surface area contributed by atoms with Crippen LogP contribution in [0.25, 0.3) is 0 Å². The largest absolute Gasteiger partial charge is 0.497 e. The molecule has 8 nitrogen and oxygen atoms in total. The van der Waals surface area contributed by atoms with Crippen LogP contribution in [0.3, 0.4) is 0 Å². The van der Waals surface area contributed by atoms with Crippen molar-refractivity contribution >= 4 is 28.3 Å². The van der Waals surface area contributed by atoms with Crippen LogP contribution in [-0.4, -0.2) is 55.4 Å². The van der Waals surface area contributed by atoms with Gasteiger partial charge in [0.05, 0.1) is 25.5 Å². The van der Waals surface area contributed by atoms with Gasteiger partial charge in [0.2, 0.25) is 5.91 Å². The zero-order valence-electron chi connectivity index (χ0n) is 21.7. The van der Waals surface area contributed by atoms with E-state index < -0.39 is 6.10 Å². The lowest BCUT2D eigenvalue weighted by Crippen LogP contribution is -2.53. The Kier molecular flexibility index (Phi) is 8.02. The molecule has 2 aliphatic rings. The van der Waals surface area contributed by atoms with Crippen molar-refractivity contribution in [2.75, 3.05) is 32.7 Å². The molecule has 6 atom stereocenters. The molecule has 2 aromatic rings. The van der Waals surface area contributed by atoms with Gasteiger partial charge in [-0.15, -0.1) is 11.3 Å². The van der Waals surface area contributed by atoms with Crippen LogP contribution in [0.4, 0.5) is 5.13 Å². The Morgan fingerprint density at radius 2 is 2.00 bits per heavy atom. The number of anilines is 1. The molecule has 1 fully saturated rings. The highest BCUT2D eigenvalue weighted by Gasteiger charge is 2.53. The van der Waals surface area contributed by atoms with Gasteiger partial charge >= 0.3 is 0 Å². The molecule has 2 aliphatic carbocycles. The van der Waals surface area contributed by atoms with E-state index in [1.807, 2.05) is 6.92 Å². The lowest BCUT2D eigenvalue weighted by molar-refractivity contribution is -0.135. The molecule has 36 heavy (non-hydrogen) atoms. The van der Waals surface area contributed by atoms with E-state index in [0.29, 0.717) is 29.6 Å². The molecular formula is C27H37N3O5S. The summed E-state index contributed by atoms with van der Waals surface area (Å²) in [5, 5.41) is 18.0. The Hall–Kier alpha value is -2.49. The molecule has 0 unspecified atom stereocenters. The molecule has 0 spiro atoms. The van der Waals surface area contributed by atoms with Gasteiger partial charge in [-0.25, -0.2) is 4.98 Å². The number of aromatic nitrogens is 1. The molecule has 1 saturated carbocycles. The maximum Gasteiger partial charge on any atom is 0.257 e. The van der Waals surface area contributed by atoms with Gasteiger partial charge in [-0.2, -0.15) is 0 Å². The summed E-state index contributed by atoms with van der Waals surface area (Å²) in [6.07, 6.45) is 1.94. The first-order chi connectivity index (χ1) is 17.2. The van der Waals surface area contributed by atoms with Crippen LogP contribution in [-0.2, 0) is 16.0 Å². The molecule has 196 valence electrons. The Balaban J connectivity index is 1.49. The fraction of sp³-hybridized carbons (Fsp3) is 0.593. The lowest BCUT2D eigenvalue weighted by Gasteiger charge is -2.53. The van der Waals surface area contributed by atoms with Gasteiger partial charge in [-0.3, -0.25) is 14.9 Å². The lowest BCUT2D eigenvalue weighted by atomic mass is 9.53. The van der Waals surface area contributed by atoms with Crippen molar-refractivity contribution in [1.82, 2.24) is 10.3 Å². The third kappa shape index (κ3) is 5.14. The molecule has 0 bridgehead atoms. The Morgan fingerprint density at radius 1 is 1.28 bits per heavy atom. The third-order valence-electron chi connectivity index (χ3n) is 8.16. The van der Waals surface area contributed by atoms with Crippen LogP contribution in [0.1, 0.15) is 60.5 Å². The molecule has 1 aromatic carbocycles. The molecule has 1 heterocycles. The van der Waals surface area contributed by atoms with Gasteiger partial charge in [0.15, 0.2) is 5.13 Å². The Labute approximate surface area is 216 Å². The van der Waals surface area contributed by atoms with Crippen LogP contribution in [0.15, 0.2) is 24.3 Å². The zero-order chi connectivity index (χ0) is 26.0. The minimum atomic E-state index is -0.603. The molecule has 1 aromatic heterocycles. The number of thiazole rings is 1. The minimum absolute atomic E-state index is 0.00906. The number of rotatable bonds is 8.